The van der Waals surface area contributed by atoms with Crippen molar-refractivity contribution in [3.8, 4) is 11.1 Å². The Hall–Kier alpha value is -3.20. The number of nitrogens with zero attached hydrogens (tertiary/aromatic N) is 2. The van der Waals surface area contributed by atoms with Gasteiger partial charge in [-0.25, -0.2) is 4.98 Å². The maximum absolute atomic E-state index is 5.89. The number of benzene rings is 1. The van der Waals surface area contributed by atoms with Gasteiger partial charge in [-0.05, 0) is 42.2 Å². The van der Waals surface area contributed by atoms with Crippen molar-refractivity contribution < 1.29 is 4.42 Å². The zero-order chi connectivity index (χ0) is 19.0. The van der Waals surface area contributed by atoms with Crippen LogP contribution in [0.2, 0.25) is 0 Å². The van der Waals surface area contributed by atoms with Crippen molar-refractivity contribution in [2.45, 2.75) is 20.8 Å². The summed E-state index contributed by atoms with van der Waals surface area (Å²) in [5, 5.41) is 2.09. The molecule has 0 saturated heterocycles. The van der Waals surface area contributed by atoms with Crippen LogP contribution in [0.5, 0.6) is 0 Å². The van der Waals surface area contributed by atoms with Crippen LogP contribution in [0.4, 0.5) is 0 Å². The minimum absolute atomic E-state index is 0.500. The van der Waals surface area contributed by atoms with Crippen LogP contribution in [0.3, 0.4) is 0 Å². The van der Waals surface area contributed by atoms with Crippen LogP contribution in [0.25, 0.3) is 38.8 Å². The normalized spacial score (nSPS) is 12.2. The molecule has 0 bridgehead atoms. The molecule has 3 heteroatoms. The quantitative estimate of drug-likeness (QED) is 0.385. The Morgan fingerprint density at radius 2 is 1.89 bits per heavy atom. The van der Waals surface area contributed by atoms with Gasteiger partial charge in [-0.2, -0.15) is 0 Å². The molecule has 27 heavy (non-hydrogen) atoms. The van der Waals surface area contributed by atoms with Crippen LogP contribution >= 0.6 is 0 Å². The second kappa shape index (κ2) is 6.84. The Balaban J connectivity index is 1.77. The van der Waals surface area contributed by atoms with Gasteiger partial charge in [-0.15, -0.1) is 0 Å². The van der Waals surface area contributed by atoms with E-state index < -0.39 is 0 Å². The maximum atomic E-state index is 5.89. The molecular formula is C24H22N2O. The lowest BCUT2D eigenvalue weighted by Crippen LogP contribution is -1.92. The summed E-state index contributed by atoms with van der Waals surface area (Å²) in [4.78, 5) is 9.03. The van der Waals surface area contributed by atoms with Gasteiger partial charge in [0, 0.05) is 23.3 Å². The molecule has 0 aliphatic carbocycles. The maximum Gasteiger partial charge on any atom is 0.227 e. The highest BCUT2D eigenvalue weighted by Crippen LogP contribution is 2.35. The average molecular weight is 354 g/mol. The molecule has 4 rings (SSSR count). The van der Waals surface area contributed by atoms with Gasteiger partial charge in [0.05, 0.1) is 11.1 Å². The number of hydrogen-bond donors (Lipinski definition) is 0. The Bertz CT molecular complexity index is 1160. The minimum Gasteiger partial charge on any atom is -0.438 e. The number of allylic oxidation sites excluding steroid dienone is 3. The summed E-state index contributed by atoms with van der Waals surface area (Å²) in [6.07, 6.45) is 5.79. The molecule has 3 aromatic heterocycles. The number of hydrogen-bond acceptors (Lipinski definition) is 3. The summed E-state index contributed by atoms with van der Waals surface area (Å²) in [7, 11) is 0. The van der Waals surface area contributed by atoms with Crippen molar-refractivity contribution in [3.63, 3.8) is 0 Å². The summed E-state index contributed by atoms with van der Waals surface area (Å²) in [6, 6.07) is 14.1. The van der Waals surface area contributed by atoms with E-state index in [9.17, 15) is 0 Å². The molecule has 0 saturated carbocycles. The number of aromatic nitrogens is 2. The molecule has 134 valence electrons. The molecule has 0 unspecified atom stereocenters. The largest absolute Gasteiger partial charge is 0.438 e. The Labute approximate surface area is 159 Å². The highest BCUT2D eigenvalue weighted by molar-refractivity contribution is 6.11. The van der Waals surface area contributed by atoms with Crippen LogP contribution in [0, 0.1) is 5.92 Å². The highest BCUT2D eigenvalue weighted by atomic mass is 16.3. The third kappa shape index (κ3) is 3.17. The van der Waals surface area contributed by atoms with Crippen LogP contribution < -0.4 is 0 Å². The Kier molecular flexibility index (Phi) is 4.36. The van der Waals surface area contributed by atoms with Crippen LogP contribution in [0.1, 0.15) is 26.5 Å². The lowest BCUT2D eigenvalue weighted by Gasteiger charge is -2.08. The van der Waals surface area contributed by atoms with Crippen molar-refractivity contribution in [3.05, 3.63) is 78.8 Å². The van der Waals surface area contributed by atoms with Gasteiger partial charge in [0.1, 0.15) is 5.58 Å². The first-order valence-electron chi connectivity index (χ1n) is 9.14. The van der Waals surface area contributed by atoms with Gasteiger partial charge >= 0.3 is 0 Å². The summed E-state index contributed by atoms with van der Waals surface area (Å²) in [5.41, 5.74) is 6.73. The first kappa shape index (κ1) is 17.2. The molecule has 0 atom stereocenters. The predicted octanol–water partition coefficient (Wildman–Crippen LogP) is 6.66. The first-order valence-corrected chi connectivity index (χ1v) is 9.14. The predicted molar refractivity (Wildman–Crippen MR) is 112 cm³/mol. The third-order valence-corrected chi connectivity index (χ3v) is 5.00. The van der Waals surface area contributed by atoms with E-state index in [4.69, 9.17) is 4.42 Å². The van der Waals surface area contributed by atoms with E-state index in [1.165, 1.54) is 5.57 Å². The van der Waals surface area contributed by atoms with Crippen molar-refractivity contribution in [2.75, 3.05) is 0 Å². The highest BCUT2D eigenvalue weighted by Gasteiger charge is 2.13. The van der Waals surface area contributed by atoms with E-state index in [2.05, 4.69) is 55.5 Å². The monoisotopic (exact) mass is 354 g/mol. The number of pyridine rings is 2. The molecular weight excluding hydrogens is 332 g/mol. The van der Waals surface area contributed by atoms with Crippen molar-refractivity contribution in [1.82, 2.24) is 9.97 Å². The summed E-state index contributed by atoms with van der Waals surface area (Å²) >= 11 is 0. The molecule has 4 aromatic rings. The van der Waals surface area contributed by atoms with Crippen molar-refractivity contribution in [1.29, 1.82) is 0 Å². The zero-order valence-corrected chi connectivity index (χ0v) is 15.9. The summed E-state index contributed by atoms with van der Waals surface area (Å²) in [6.45, 7) is 10.7. The van der Waals surface area contributed by atoms with E-state index in [0.29, 0.717) is 11.6 Å². The zero-order valence-electron chi connectivity index (χ0n) is 15.9. The van der Waals surface area contributed by atoms with Crippen LogP contribution in [0.15, 0.2) is 77.5 Å². The van der Waals surface area contributed by atoms with Crippen LogP contribution in [-0.2, 0) is 0 Å². The molecule has 0 spiro atoms. The lowest BCUT2D eigenvalue weighted by atomic mass is 10.00. The fraction of sp³-hybridized carbons (Fsp3) is 0.167. The molecule has 0 fully saturated rings. The molecule has 0 amide bonds. The van der Waals surface area contributed by atoms with Crippen LogP contribution in [-0.4, -0.2) is 9.97 Å². The van der Waals surface area contributed by atoms with Gasteiger partial charge in [0.15, 0.2) is 0 Å². The third-order valence-electron chi connectivity index (χ3n) is 5.00. The Morgan fingerprint density at radius 3 is 2.63 bits per heavy atom. The standard InChI is InChI=1S/C24H22N2O/c1-15(2)16(3)13-17(4)21-10-9-18(14-26-21)19-11-12-25-24-23(19)20-7-5-6-8-22(20)27-24/h5-15H,4H2,1-3H3/b16-13+. The molecule has 3 nitrogen and oxygen atoms in total. The molecule has 0 aliphatic heterocycles. The topological polar surface area (TPSA) is 38.9 Å². The van der Waals surface area contributed by atoms with E-state index in [1.54, 1.807) is 6.20 Å². The molecule has 3 heterocycles. The van der Waals surface area contributed by atoms with E-state index in [-0.39, 0.29) is 0 Å². The summed E-state index contributed by atoms with van der Waals surface area (Å²) in [5.74, 6) is 0.500. The summed E-state index contributed by atoms with van der Waals surface area (Å²) < 4.78 is 5.89. The van der Waals surface area contributed by atoms with E-state index >= 15 is 0 Å². The Morgan fingerprint density at radius 1 is 1.07 bits per heavy atom. The number of rotatable bonds is 4. The number of fused-ring (bicyclic) bond motifs is 3. The number of para-hydroxylation sites is 1. The van der Waals surface area contributed by atoms with Crippen molar-refractivity contribution in [2.24, 2.45) is 5.92 Å². The first-order chi connectivity index (χ1) is 13.0. The fourth-order valence-electron chi connectivity index (χ4n) is 3.15. The smallest absolute Gasteiger partial charge is 0.227 e. The SMILES string of the molecule is C=C(/C=C(\C)C(C)C)c1ccc(-c2ccnc3oc4ccccc4c23)cn1. The van der Waals surface area contributed by atoms with Gasteiger partial charge < -0.3 is 4.42 Å². The minimum atomic E-state index is 0.500. The van der Waals surface area contributed by atoms with Gasteiger partial charge in [0.25, 0.3) is 0 Å². The molecule has 1 aromatic carbocycles. The average Bonchev–Trinajstić information content (AvgIpc) is 3.06. The van der Waals surface area contributed by atoms with Gasteiger partial charge in [-0.3, -0.25) is 4.98 Å². The van der Waals surface area contributed by atoms with E-state index in [1.807, 2.05) is 36.5 Å². The molecule has 0 radical (unpaired) electrons. The molecule has 0 aliphatic rings. The second-order valence-electron chi connectivity index (χ2n) is 7.14. The van der Waals surface area contributed by atoms with Gasteiger partial charge in [-0.1, -0.05) is 56.3 Å². The lowest BCUT2D eigenvalue weighted by molar-refractivity contribution is 0.654. The molecule has 0 N–H and O–H groups in total. The van der Waals surface area contributed by atoms with Gasteiger partial charge in [0.2, 0.25) is 5.71 Å². The van der Waals surface area contributed by atoms with Crippen molar-refractivity contribution >= 4 is 27.6 Å². The second-order valence-corrected chi connectivity index (χ2v) is 7.14. The number of furan rings is 1. The fourth-order valence-corrected chi connectivity index (χ4v) is 3.15. The van der Waals surface area contributed by atoms with E-state index in [0.717, 1.165) is 38.7 Å².